The molecule has 0 amide bonds. The molecule has 3 aromatic rings. The van der Waals surface area contributed by atoms with Gasteiger partial charge in [0.2, 0.25) is 16.8 Å². The Morgan fingerprint density at radius 1 is 1.19 bits per heavy atom. The number of anilines is 3. The normalized spacial score (nSPS) is 17.4. The number of rotatable bonds is 8. The summed E-state index contributed by atoms with van der Waals surface area (Å²) >= 11 is 6.67. The van der Waals surface area contributed by atoms with Crippen LogP contribution in [-0.4, -0.2) is 81.1 Å². The predicted molar refractivity (Wildman–Crippen MR) is 135 cm³/mol. The Balaban J connectivity index is 1.42. The average molecular weight is 543 g/mol. The fraction of sp³-hybridized carbons (Fsp3) is 0.409. The minimum atomic E-state index is -2.62. The van der Waals surface area contributed by atoms with Crippen LogP contribution in [0.1, 0.15) is 35.8 Å². The lowest BCUT2D eigenvalue weighted by atomic mass is 10.0. The lowest BCUT2D eigenvalue weighted by Crippen LogP contribution is -2.46. The van der Waals surface area contributed by atoms with Crippen LogP contribution in [0.2, 0.25) is 5.02 Å². The molecule has 0 radical (unpaired) electrons. The molecule has 5 rings (SSSR count). The van der Waals surface area contributed by atoms with Crippen LogP contribution in [0.25, 0.3) is 5.65 Å². The number of hydrogen-bond donors (Lipinski definition) is 4. The van der Waals surface area contributed by atoms with Gasteiger partial charge in [-0.2, -0.15) is 20.0 Å². The van der Waals surface area contributed by atoms with Gasteiger partial charge in [-0.25, -0.2) is 17.7 Å². The van der Waals surface area contributed by atoms with Crippen molar-refractivity contribution in [3.05, 3.63) is 40.2 Å². The van der Waals surface area contributed by atoms with Gasteiger partial charge in [-0.15, -0.1) is 5.10 Å². The van der Waals surface area contributed by atoms with E-state index in [1.165, 1.54) is 27.2 Å². The summed E-state index contributed by atoms with van der Waals surface area (Å²) in [6.45, 7) is 1.85. The molecule has 3 heterocycles. The number of benzene rings is 1. The van der Waals surface area contributed by atoms with Crippen molar-refractivity contribution in [3.63, 3.8) is 0 Å². The van der Waals surface area contributed by atoms with E-state index in [0.29, 0.717) is 48.9 Å². The number of fused-ring (bicyclic) bond motifs is 1. The second-order valence-corrected chi connectivity index (χ2v) is 10.3. The van der Waals surface area contributed by atoms with E-state index in [-0.39, 0.29) is 34.8 Å². The summed E-state index contributed by atoms with van der Waals surface area (Å²) in [4.78, 5) is 10.7. The lowest BCUT2D eigenvalue weighted by Gasteiger charge is -2.32. The largest absolute Gasteiger partial charge is 0.387 e. The molecule has 2 fully saturated rings. The van der Waals surface area contributed by atoms with Gasteiger partial charge >= 0.3 is 0 Å². The number of piperazine rings is 1. The molecule has 1 atom stereocenters. The second kappa shape index (κ2) is 10.5. The number of nitriles is 2. The number of nitrogens with one attached hydrogen (secondary N) is 2. The number of halogens is 1. The smallest absolute Gasteiger partial charge is 0.247 e. The highest BCUT2D eigenvalue weighted by Gasteiger charge is 2.26. The van der Waals surface area contributed by atoms with Crippen LogP contribution in [0.4, 0.5) is 17.5 Å². The standard InChI is InChI=1S/C22H23ClN10O3S/c23-19-16(18(34)12-31-3-5-32(6-4-31)37(35)36)7-13(9-24)8-17(19)28-22-29-20(27-14-1-2-14)21-26-11-15(10-25)33(21)30-22/h7-8,11,14,18,34,37H,1-6,12H2,(H2,27,28,29,30). The van der Waals surface area contributed by atoms with E-state index in [1.807, 2.05) is 11.0 Å². The van der Waals surface area contributed by atoms with Gasteiger partial charge < -0.3 is 15.7 Å². The summed E-state index contributed by atoms with van der Waals surface area (Å²) in [5.41, 5.74) is 1.58. The third-order valence-electron chi connectivity index (χ3n) is 6.24. The number of β-amino-alcohol motifs (C(OH)–C–C–N with tert-alkyl or cyclic N) is 1. The molecule has 192 valence electrons. The molecule has 15 heteroatoms. The number of imidazole rings is 1. The maximum atomic E-state index is 11.2. The van der Waals surface area contributed by atoms with E-state index in [4.69, 9.17) is 11.6 Å². The van der Waals surface area contributed by atoms with Crippen molar-refractivity contribution < 1.29 is 13.5 Å². The van der Waals surface area contributed by atoms with Crippen molar-refractivity contribution in [3.8, 4) is 12.1 Å². The minimum Gasteiger partial charge on any atom is -0.387 e. The van der Waals surface area contributed by atoms with Gasteiger partial charge in [0.05, 0.1) is 34.6 Å². The fourth-order valence-corrected chi connectivity index (χ4v) is 4.91. The molecule has 1 unspecified atom stereocenters. The summed E-state index contributed by atoms with van der Waals surface area (Å²) < 4.78 is 25.1. The molecular weight excluding hydrogens is 520 g/mol. The van der Waals surface area contributed by atoms with Crippen LogP contribution in [0.3, 0.4) is 0 Å². The van der Waals surface area contributed by atoms with E-state index in [0.717, 1.165) is 12.8 Å². The molecule has 1 saturated carbocycles. The molecule has 0 bridgehead atoms. The number of aliphatic hydroxyl groups is 1. The highest BCUT2D eigenvalue weighted by atomic mass is 35.5. The maximum Gasteiger partial charge on any atom is 0.247 e. The lowest BCUT2D eigenvalue weighted by molar-refractivity contribution is 0.0928. The highest BCUT2D eigenvalue weighted by molar-refractivity contribution is 7.69. The quantitative estimate of drug-likeness (QED) is 0.299. The Kier molecular flexibility index (Phi) is 7.10. The first kappa shape index (κ1) is 25.1. The van der Waals surface area contributed by atoms with Gasteiger partial charge in [0.25, 0.3) is 0 Å². The van der Waals surface area contributed by atoms with Crippen LogP contribution in [0, 0.1) is 22.7 Å². The van der Waals surface area contributed by atoms with E-state index in [2.05, 4.69) is 31.8 Å². The summed E-state index contributed by atoms with van der Waals surface area (Å²) in [5.74, 6) is 0.596. The van der Waals surface area contributed by atoms with Gasteiger partial charge in [-0.05, 0) is 25.0 Å². The summed E-state index contributed by atoms with van der Waals surface area (Å²) in [6, 6.07) is 7.46. The second-order valence-electron chi connectivity index (χ2n) is 8.87. The highest BCUT2D eigenvalue weighted by Crippen LogP contribution is 2.34. The van der Waals surface area contributed by atoms with Crippen molar-refractivity contribution in [2.75, 3.05) is 43.4 Å². The van der Waals surface area contributed by atoms with Crippen molar-refractivity contribution in [2.24, 2.45) is 0 Å². The first-order valence-electron chi connectivity index (χ1n) is 11.6. The van der Waals surface area contributed by atoms with Crippen LogP contribution in [-0.2, 0) is 10.9 Å². The van der Waals surface area contributed by atoms with Crippen molar-refractivity contribution >= 4 is 45.6 Å². The van der Waals surface area contributed by atoms with Gasteiger partial charge in [-0.1, -0.05) is 11.6 Å². The summed E-state index contributed by atoms with van der Waals surface area (Å²) in [7, 11) is -2.62. The zero-order chi connectivity index (χ0) is 26.1. The molecular formula is C22H23ClN10O3S. The number of aromatic nitrogens is 4. The third-order valence-corrected chi connectivity index (χ3v) is 7.52. The molecule has 0 spiro atoms. The Morgan fingerprint density at radius 3 is 2.59 bits per heavy atom. The number of thiol groups is 1. The first-order chi connectivity index (χ1) is 17.9. The number of nitrogens with zero attached hydrogens (tertiary/aromatic N) is 8. The van der Waals surface area contributed by atoms with Gasteiger partial charge in [-0.3, -0.25) is 4.90 Å². The van der Waals surface area contributed by atoms with Crippen molar-refractivity contribution in [1.29, 1.82) is 10.5 Å². The molecule has 13 nitrogen and oxygen atoms in total. The topological polar surface area (TPSA) is 176 Å². The summed E-state index contributed by atoms with van der Waals surface area (Å²) in [6.07, 6.45) is 2.40. The van der Waals surface area contributed by atoms with E-state index in [1.54, 1.807) is 0 Å². The Bertz CT molecular complexity index is 1490. The predicted octanol–water partition coefficient (Wildman–Crippen LogP) is 1.02. The van der Waals surface area contributed by atoms with Crippen LogP contribution < -0.4 is 10.6 Å². The Labute approximate surface area is 219 Å². The molecule has 1 saturated heterocycles. The van der Waals surface area contributed by atoms with E-state index >= 15 is 0 Å². The zero-order valence-electron chi connectivity index (χ0n) is 19.5. The Morgan fingerprint density at radius 2 is 1.95 bits per heavy atom. The molecule has 37 heavy (non-hydrogen) atoms. The van der Waals surface area contributed by atoms with E-state index in [9.17, 15) is 24.0 Å². The van der Waals surface area contributed by atoms with Crippen LogP contribution in [0.5, 0.6) is 0 Å². The maximum absolute atomic E-state index is 11.2. The Hall–Kier alpha value is -3.53. The first-order valence-corrected chi connectivity index (χ1v) is 13.1. The molecule has 2 aromatic heterocycles. The van der Waals surface area contributed by atoms with Crippen LogP contribution >= 0.6 is 11.6 Å². The van der Waals surface area contributed by atoms with Gasteiger partial charge in [0, 0.05) is 44.3 Å². The third kappa shape index (κ3) is 5.44. The molecule has 1 aromatic carbocycles. The molecule has 1 aliphatic heterocycles. The minimum absolute atomic E-state index is 0.130. The average Bonchev–Trinajstić information content (AvgIpc) is 3.61. The van der Waals surface area contributed by atoms with Crippen LogP contribution in [0.15, 0.2) is 18.3 Å². The molecule has 3 N–H and O–H groups in total. The van der Waals surface area contributed by atoms with Gasteiger partial charge in [0.15, 0.2) is 17.2 Å². The molecule has 2 aliphatic rings. The molecule has 1 aliphatic carbocycles. The van der Waals surface area contributed by atoms with Crippen molar-refractivity contribution in [2.45, 2.75) is 25.0 Å². The van der Waals surface area contributed by atoms with Crippen molar-refractivity contribution in [1.82, 2.24) is 28.8 Å². The monoisotopic (exact) mass is 542 g/mol. The summed E-state index contributed by atoms with van der Waals surface area (Å²) in [5, 5.41) is 40.9. The van der Waals surface area contributed by atoms with E-state index < -0.39 is 17.0 Å². The zero-order valence-corrected chi connectivity index (χ0v) is 21.2. The van der Waals surface area contributed by atoms with Gasteiger partial charge in [0.1, 0.15) is 6.07 Å². The number of hydrogen-bond acceptors (Lipinski definition) is 11. The fourth-order valence-electron chi connectivity index (χ4n) is 4.12. The SMILES string of the molecule is N#Cc1cc(Nc2nc(NC3CC3)c3ncc(C#N)n3n2)c(Cl)c(C(O)CN2CCN([SH](=O)=O)CC2)c1. The number of aliphatic hydroxyl groups excluding tert-OH is 1.